The highest BCUT2D eigenvalue weighted by molar-refractivity contribution is 5.82. The quantitative estimate of drug-likeness (QED) is 0.913. The van der Waals surface area contributed by atoms with Crippen LogP contribution in [0.3, 0.4) is 0 Å². The van der Waals surface area contributed by atoms with Crippen LogP contribution in [0, 0.1) is 17.6 Å². The molecule has 1 rings (SSSR count). The van der Waals surface area contributed by atoms with Crippen molar-refractivity contribution in [3.8, 4) is 0 Å². The van der Waals surface area contributed by atoms with Crippen molar-refractivity contribution in [1.29, 1.82) is 0 Å². The molecule has 0 aliphatic rings. The number of likely N-dealkylation sites (N-methyl/N-ethyl adjacent to an activating group) is 1. The SMILES string of the molecule is CC(C)[C@@H](N)C(=O)N(C)C(C)c1ccc(F)c(F)c1. The summed E-state index contributed by atoms with van der Waals surface area (Å²) in [7, 11) is 1.61. The third-order valence-electron chi connectivity index (χ3n) is 3.36. The first-order valence-electron chi connectivity index (χ1n) is 6.23. The van der Waals surface area contributed by atoms with Gasteiger partial charge in [0.05, 0.1) is 12.1 Å². The van der Waals surface area contributed by atoms with Gasteiger partial charge in [-0.15, -0.1) is 0 Å². The number of rotatable bonds is 4. The van der Waals surface area contributed by atoms with E-state index < -0.39 is 17.7 Å². The molecule has 2 atom stereocenters. The highest BCUT2D eigenvalue weighted by Gasteiger charge is 2.25. The summed E-state index contributed by atoms with van der Waals surface area (Å²) < 4.78 is 26.1. The summed E-state index contributed by atoms with van der Waals surface area (Å²) in [6.07, 6.45) is 0. The first kappa shape index (κ1) is 15.6. The zero-order valence-corrected chi connectivity index (χ0v) is 11.7. The highest BCUT2D eigenvalue weighted by Crippen LogP contribution is 2.22. The molecule has 0 aliphatic carbocycles. The van der Waals surface area contributed by atoms with Crippen LogP contribution in [0.25, 0.3) is 0 Å². The monoisotopic (exact) mass is 270 g/mol. The second-order valence-corrected chi connectivity index (χ2v) is 5.07. The van der Waals surface area contributed by atoms with E-state index in [9.17, 15) is 13.6 Å². The lowest BCUT2D eigenvalue weighted by Crippen LogP contribution is -2.45. The zero-order valence-electron chi connectivity index (χ0n) is 11.7. The van der Waals surface area contributed by atoms with Crippen LogP contribution in [0.1, 0.15) is 32.4 Å². The van der Waals surface area contributed by atoms with Crippen LogP contribution in [-0.4, -0.2) is 23.9 Å². The molecule has 0 radical (unpaired) electrons. The number of benzene rings is 1. The van der Waals surface area contributed by atoms with Gasteiger partial charge in [0, 0.05) is 7.05 Å². The van der Waals surface area contributed by atoms with Gasteiger partial charge in [0.15, 0.2) is 11.6 Å². The molecule has 1 unspecified atom stereocenters. The van der Waals surface area contributed by atoms with Crippen molar-refractivity contribution in [3.05, 3.63) is 35.4 Å². The number of hydrogen-bond donors (Lipinski definition) is 1. The smallest absolute Gasteiger partial charge is 0.239 e. The average molecular weight is 270 g/mol. The molecule has 106 valence electrons. The molecule has 0 saturated carbocycles. The van der Waals surface area contributed by atoms with Gasteiger partial charge in [-0.2, -0.15) is 0 Å². The zero-order chi connectivity index (χ0) is 14.7. The van der Waals surface area contributed by atoms with Crippen molar-refractivity contribution < 1.29 is 13.6 Å². The van der Waals surface area contributed by atoms with E-state index in [-0.39, 0.29) is 17.9 Å². The topological polar surface area (TPSA) is 46.3 Å². The minimum Gasteiger partial charge on any atom is -0.338 e. The third kappa shape index (κ3) is 3.50. The molecule has 19 heavy (non-hydrogen) atoms. The van der Waals surface area contributed by atoms with Gasteiger partial charge in [-0.1, -0.05) is 19.9 Å². The lowest BCUT2D eigenvalue weighted by molar-refractivity contribution is -0.134. The molecule has 0 aliphatic heterocycles. The van der Waals surface area contributed by atoms with E-state index >= 15 is 0 Å². The number of nitrogens with zero attached hydrogens (tertiary/aromatic N) is 1. The maximum Gasteiger partial charge on any atom is 0.239 e. The molecule has 0 spiro atoms. The Morgan fingerprint density at radius 2 is 1.79 bits per heavy atom. The number of amides is 1. The van der Waals surface area contributed by atoms with Gasteiger partial charge in [0.2, 0.25) is 5.91 Å². The van der Waals surface area contributed by atoms with Crippen LogP contribution in [0.2, 0.25) is 0 Å². The van der Waals surface area contributed by atoms with Gasteiger partial charge in [0.25, 0.3) is 0 Å². The Balaban J connectivity index is 2.90. The molecule has 1 aromatic carbocycles. The highest BCUT2D eigenvalue weighted by atomic mass is 19.2. The van der Waals surface area contributed by atoms with Crippen molar-refractivity contribution in [1.82, 2.24) is 4.90 Å². The minimum atomic E-state index is -0.918. The predicted molar refractivity (Wildman–Crippen MR) is 70.4 cm³/mol. The van der Waals surface area contributed by atoms with Gasteiger partial charge in [-0.05, 0) is 30.5 Å². The summed E-state index contributed by atoms with van der Waals surface area (Å²) in [5.74, 6) is -2.01. The van der Waals surface area contributed by atoms with Crippen LogP contribution in [0.5, 0.6) is 0 Å². The summed E-state index contributed by atoms with van der Waals surface area (Å²) in [6.45, 7) is 5.47. The number of carbonyl (C=O) groups is 1. The molecule has 1 amide bonds. The summed E-state index contributed by atoms with van der Waals surface area (Å²) in [4.78, 5) is 13.5. The van der Waals surface area contributed by atoms with Gasteiger partial charge >= 0.3 is 0 Å². The van der Waals surface area contributed by atoms with E-state index in [1.807, 2.05) is 13.8 Å². The van der Waals surface area contributed by atoms with E-state index in [0.717, 1.165) is 12.1 Å². The lowest BCUT2D eigenvalue weighted by Gasteiger charge is -2.29. The van der Waals surface area contributed by atoms with Gasteiger partial charge in [-0.3, -0.25) is 4.79 Å². The second-order valence-electron chi connectivity index (χ2n) is 5.07. The number of carbonyl (C=O) groups excluding carboxylic acids is 1. The molecule has 0 bridgehead atoms. The largest absolute Gasteiger partial charge is 0.338 e. The Morgan fingerprint density at radius 3 is 2.26 bits per heavy atom. The molecular formula is C14H20F2N2O. The number of halogens is 2. The van der Waals surface area contributed by atoms with E-state index in [1.54, 1.807) is 14.0 Å². The fourth-order valence-corrected chi connectivity index (χ4v) is 1.71. The van der Waals surface area contributed by atoms with Crippen LogP contribution in [-0.2, 0) is 4.79 Å². The van der Waals surface area contributed by atoms with Crippen LogP contribution in [0.4, 0.5) is 8.78 Å². The normalized spacial score (nSPS) is 14.3. The summed E-state index contributed by atoms with van der Waals surface area (Å²) >= 11 is 0. The lowest BCUT2D eigenvalue weighted by atomic mass is 10.0. The molecule has 5 heteroatoms. The molecule has 3 nitrogen and oxygen atoms in total. The molecule has 0 heterocycles. The first-order valence-corrected chi connectivity index (χ1v) is 6.23. The van der Waals surface area contributed by atoms with E-state index in [1.165, 1.54) is 11.0 Å². The molecule has 0 saturated heterocycles. The molecule has 0 aromatic heterocycles. The maximum atomic E-state index is 13.2. The maximum absolute atomic E-state index is 13.2. The van der Waals surface area contributed by atoms with E-state index in [4.69, 9.17) is 5.73 Å². The van der Waals surface area contributed by atoms with Gasteiger partial charge < -0.3 is 10.6 Å². The summed E-state index contributed by atoms with van der Waals surface area (Å²) in [5, 5.41) is 0. The van der Waals surface area contributed by atoms with E-state index in [2.05, 4.69) is 0 Å². The summed E-state index contributed by atoms with van der Waals surface area (Å²) in [6, 6.07) is 2.66. The van der Waals surface area contributed by atoms with Crippen molar-refractivity contribution in [2.24, 2.45) is 11.7 Å². The second kappa shape index (κ2) is 6.10. The first-order chi connectivity index (χ1) is 8.75. The Bertz CT molecular complexity index is 463. The Morgan fingerprint density at radius 1 is 1.21 bits per heavy atom. The standard InChI is InChI=1S/C14H20F2N2O/c1-8(2)13(17)14(19)18(4)9(3)10-5-6-11(15)12(16)7-10/h5-9,13H,17H2,1-4H3/t9?,13-/m1/s1. The molecular weight excluding hydrogens is 250 g/mol. The Hall–Kier alpha value is -1.49. The van der Waals surface area contributed by atoms with Crippen molar-refractivity contribution in [2.45, 2.75) is 32.9 Å². The van der Waals surface area contributed by atoms with Gasteiger partial charge in [0.1, 0.15) is 0 Å². The molecule has 2 N–H and O–H groups in total. The van der Waals surface area contributed by atoms with Crippen LogP contribution in [0.15, 0.2) is 18.2 Å². The number of nitrogens with two attached hydrogens (primary N) is 1. The average Bonchev–Trinajstić information content (AvgIpc) is 2.38. The fourth-order valence-electron chi connectivity index (χ4n) is 1.71. The number of hydrogen-bond acceptors (Lipinski definition) is 2. The molecule has 1 aromatic rings. The van der Waals surface area contributed by atoms with Crippen molar-refractivity contribution >= 4 is 5.91 Å². The molecule has 0 fully saturated rings. The third-order valence-corrected chi connectivity index (χ3v) is 3.36. The Kier molecular flexibility index (Phi) is 5.00. The minimum absolute atomic E-state index is 0.0205. The van der Waals surface area contributed by atoms with Crippen molar-refractivity contribution in [3.63, 3.8) is 0 Å². The van der Waals surface area contributed by atoms with E-state index in [0.29, 0.717) is 5.56 Å². The van der Waals surface area contributed by atoms with Gasteiger partial charge in [-0.25, -0.2) is 8.78 Å². The Labute approximate surface area is 112 Å². The van der Waals surface area contributed by atoms with Crippen LogP contribution >= 0.6 is 0 Å². The fraction of sp³-hybridized carbons (Fsp3) is 0.500. The van der Waals surface area contributed by atoms with Crippen LogP contribution < -0.4 is 5.73 Å². The van der Waals surface area contributed by atoms with Crippen molar-refractivity contribution in [2.75, 3.05) is 7.05 Å². The predicted octanol–water partition coefficient (Wildman–Crippen LogP) is 2.47. The summed E-state index contributed by atoms with van der Waals surface area (Å²) in [5.41, 5.74) is 6.34.